The largest absolute Gasteiger partial charge is 0.381 e. The molecule has 1 aliphatic rings. The predicted octanol–water partition coefficient (Wildman–Crippen LogP) is 5.75. The molecule has 0 aliphatic carbocycles. The lowest BCUT2D eigenvalue weighted by molar-refractivity contribution is 0.0673. The smallest absolute Gasteiger partial charge is 0.257 e. The number of halogens is 3. The summed E-state index contributed by atoms with van der Waals surface area (Å²) < 4.78 is 34.3. The molecule has 4 N–H and O–H groups in total. The SMILES string of the molecule is Cc1cc(Nc2nc(NCc3ccc(Cl)c(C(=O)Nc4ccc(F)c(F)c4)c3)nc3c2cnn3C2CCOCC2)n[nH]1. The molecule has 0 radical (unpaired) electrons. The average molecular weight is 594 g/mol. The minimum atomic E-state index is -1.07. The van der Waals surface area contributed by atoms with Crippen molar-refractivity contribution in [2.24, 2.45) is 0 Å². The monoisotopic (exact) mass is 593 g/mol. The summed E-state index contributed by atoms with van der Waals surface area (Å²) in [6, 6.07) is 10.1. The maximum atomic E-state index is 13.6. The van der Waals surface area contributed by atoms with Crippen LogP contribution in [-0.4, -0.2) is 49.1 Å². The molecule has 0 spiro atoms. The first-order valence-electron chi connectivity index (χ1n) is 13.2. The molecule has 4 heterocycles. The van der Waals surface area contributed by atoms with Crippen molar-refractivity contribution >= 4 is 51.8 Å². The Hall–Kier alpha value is -4.62. The summed E-state index contributed by atoms with van der Waals surface area (Å²) in [4.78, 5) is 22.4. The molecular weight excluding hydrogens is 568 g/mol. The molecular formula is C28H26ClF2N9O2. The summed E-state index contributed by atoms with van der Waals surface area (Å²) in [5, 5.41) is 21.8. The van der Waals surface area contributed by atoms with Crippen molar-refractivity contribution in [2.45, 2.75) is 32.4 Å². The van der Waals surface area contributed by atoms with Crippen LogP contribution in [0.3, 0.4) is 0 Å². The molecule has 1 amide bonds. The van der Waals surface area contributed by atoms with Crippen LogP contribution in [0.2, 0.25) is 5.02 Å². The number of hydrogen-bond donors (Lipinski definition) is 4. The number of carbonyl (C=O) groups excluding carboxylic acids is 1. The standard InChI is InChI=1S/C28H26ClF2N9O2/c1-15-10-24(39-38-15)35-25-20-14-33-40(18-6-8-42-9-7-18)26(20)37-28(36-25)32-13-16-2-4-21(29)19(11-16)27(41)34-17-3-5-22(30)23(31)12-17/h2-5,10-12,14,18H,6-9,13H2,1H3,(H,34,41)(H3,32,35,36,37,38,39). The number of nitrogens with one attached hydrogen (secondary N) is 4. The minimum Gasteiger partial charge on any atom is -0.381 e. The fourth-order valence-corrected chi connectivity index (χ4v) is 4.91. The van der Waals surface area contributed by atoms with E-state index in [1.807, 2.05) is 17.7 Å². The van der Waals surface area contributed by atoms with Gasteiger partial charge in [-0.3, -0.25) is 9.89 Å². The van der Waals surface area contributed by atoms with Gasteiger partial charge in [0.2, 0.25) is 5.95 Å². The van der Waals surface area contributed by atoms with Gasteiger partial charge in [0.1, 0.15) is 5.82 Å². The topological polar surface area (TPSA) is 135 Å². The lowest BCUT2D eigenvalue weighted by Gasteiger charge is -2.22. The first kappa shape index (κ1) is 27.5. The first-order chi connectivity index (χ1) is 20.3. The number of amides is 1. The van der Waals surface area contributed by atoms with Crippen LogP contribution in [-0.2, 0) is 11.3 Å². The summed E-state index contributed by atoms with van der Waals surface area (Å²) in [6.45, 7) is 3.48. The predicted molar refractivity (Wildman–Crippen MR) is 154 cm³/mol. The van der Waals surface area contributed by atoms with E-state index < -0.39 is 17.5 Å². The molecule has 2 aromatic carbocycles. The molecule has 14 heteroatoms. The van der Waals surface area contributed by atoms with Gasteiger partial charge in [-0.1, -0.05) is 17.7 Å². The van der Waals surface area contributed by atoms with E-state index in [0.717, 1.165) is 36.1 Å². The Kier molecular flexibility index (Phi) is 7.68. The summed E-state index contributed by atoms with van der Waals surface area (Å²) in [5.74, 6) is -1.15. The number of ether oxygens (including phenoxy) is 1. The van der Waals surface area contributed by atoms with Gasteiger partial charge in [0.15, 0.2) is 23.1 Å². The van der Waals surface area contributed by atoms with E-state index in [0.29, 0.717) is 42.0 Å². The van der Waals surface area contributed by atoms with Crippen molar-refractivity contribution in [2.75, 3.05) is 29.2 Å². The fraction of sp³-hybridized carbons (Fsp3) is 0.250. The number of aryl methyl sites for hydroxylation is 1. The number of benzene rings is 2. The molecule has 6 rings (SSSR count). The van der Waals surface area contributed by atoms with Gasteiger partial charge in [0, 0.05) is 43.3 Å². The van der Waals surface area contributed by atoms with Crippen molar-refractivity contribution in [1.29, 1.82) is 0 Å². The van der Waals surface area contributed by atoms with Gasteiger partial charge in [0.25, 0.3) is 5.91 Å². The van der Waals surface area contributed by atoms with Crippen molar-refractivity contribution < 1.29 is 18.3 Å². The van der Waals surface area contributed by atoms with Crippen LogP contribution in [0.1, 0.15) is 40.5 Å². The highest BCUT2D eigenvalue weighted by atomic mass is 35.5. The normalized spacial score (nSPS) is 13.8. The summed E-state index contributed by atoms with van der Waals surface area (Å²) in [6.07, 6.45) is 3.39. The summed E-state index contributed by atoms with van der Waals surface area (Å²) in [5.41, 5.74) is 2.55. The first-order valence-corrected chi connectivity index (χ1v) is 13.6. The number of nitrogens with zero attached hydrogens (tertiary/aromatic N) is 5. The van der Waals surface area contributed by atoms with Gasteiger partial charge >= 0.3 is 0 Å². The van der Waals surface area contributed by atoms with Crippen molar-refractivity contribution in [1.82, 2.24) is 29.9 Å². The zero-order valence-electron chi connectivity index (χ0n) is 22.4. The Bertz CT molecular complexity index is 1770. The Balaban J connectivity index is 1.26. The van der Waals surface area contributed by atoms with Gasteiger partial charge in [0.05, 0.1) is 28.2 Å². The molecule has 0 unspecified atom stereocenters. The van der Waals surface area contributed by atoms with E-state index in [1.54, 1.807) is 24.4 Å². The number of fused-ring (bicyclic) bond motifs is 1. The van der Waals surface area contributed by atoms with E-state index in [9.17, 15) is 13.6 Å². The Morgan fingerprint density at radius 3 is 2.71 bits per heavy atom. The second kappa shape index (κ2) is 11.7. The Labute approximate surface area is 243 Å². The van der Waals surface area contributed by atoms with Gasteiger partial charge in [-0.15, -0.1) is 0 Å². The van der Waals surface area contributed by atoms with Crippen LogP contribution in [0.25, 0.3) is 11.0 Å². The van der Waals surface area contributed by atoms with E-state index in [2.05, 4.69) is 36.2 Å². The van der Waals surface area contributed by atoms with Crippen molar-refractivity contribution in [3.8, 4) is 0 Å². The second-order valence-electron chi connectivity index (χ2n) is 9.88. The lowest BCUT2D eigenvalue weighted by Crippen LogP contribution is -2.21. The quantitative estimate of drug-likeness (QED) is 0.179. The van der Waals surface area contributed by atoms with Gasteiger partial charge in [-0.05, 0) is 49.6 Å². The van der Waals surface area contributed by atoms with Crippen LogP contribution >= 0.6 is 11.6 Å². The molecule has 1 fully saturated rings. The highest BCUT2D eigenvalue weighted by molar-refractivity contribution is 6.34. The van der Waals surface area contributed by atoms with Crippen LogP contribution < -0.4 is 16.0 Å². The number of anilines is 4. The van der Waals surface area contributed by atoms with Crippen molar-refractivity contribution in [3.63, 3.8) is 0 Å². The zero-order valence-corrected chi connectivity index (χ0v) is 23.2. The lowest BCUT2D eigenvalue weighted by atomic mass is 10.1. The summed E-state index contributed by atoms with van der Waals surface area (Å²) in [7, 11) is 0. The second-order valence-corrected chi connectivity index (χ2v) is 10.3. The van der Waals surface area contributed by atoms with Gasteiger partial charge < -0.3 is 20.7 Å². The number of H-pyrrole nitrogens is 1. The number of hydrogen-bond acceptors (Lipinski definition) is 8. The number of carbonyl (C=O) groups is 1. The molecule has 0 saturated carbocycles. The molecule has 11 nitrogen and oxygen atoms in total. The number of rotatable bonds is 8. The molecule has 1 aliphatic heterocycles. The molecule has 42 heavy (non-hydrogen) atoms. The zero-order chi connectivity index (χ0) is 29.2. The third-order valence-corrected chi connectivity index (χ3v) is 7.18. The molecule has 0 atom stereocenters. The maximum Gasteiger partial charge on any atom is 0.257 e. The van der Waals surface area contributed by atoms with Crippen LogP contribution in [0, 0.1) is 18.6 Å². The van der Waals surface area contributed by atoms with E-state index in [4.69, 9.17) is 21.3 Å². The highest BCUT2D eigenvalue weighted by Gasteiger charge is 2.22. The third-order valence-electron chi connectivity index (χ3n) is 6.85. The minimum absolute atomic E-state index is 0.105. The van der Waals surface area contributed by atoms with E-state index in [1.165, 1.54) is 6.07 Å². The van der Waals surface area contributed by atoms with Crippen molar-refractivity contribution in [3.05, 3.63) is 82.1 Å². The van der Waals surface area contributed by atoms with Crippen LogP contribution in [0.4, 0.5) is 32.1 Å². The Morgan fingerprint density at radius 2 is 1.95 bits per heavy atom. The molecule has 216 valence electrons. The molecule has 5 aromatic rings. The molecule has 1 saturated heterocycles. The third kappa shape index (κ3) is 5.87. The molecule has 0 bridgehead atoms. The van der Waals surface area contributed by atoms with E-state index >= 15 is 0 Å². The molecule has 3 aromatic heterocycles. The number of aromatic amines is 1. The van der Waals surface area contributed by atoms with E-state index in [-0.39, 0.29) is 28.9 Å². The average Bonchev–Trinajstić information content (AvgIpc) is 3.61. The van der Waals surface area contributed by atoms with Gasteiger partial charge in [-0.25, -0.2) is 13.5 Å². The summed E-state index contributed by atoms with van der Waals surface area (Å²) >= 11 is 6.30. The number of aromatic nitrogens is 6. The highest BCUT2D eigenvalue weighted by Crippen LogP contribution is 2.30. The van der Waals surface area contributed by atoms with Crippen LogP contribution in [0.5, 0.6) is 0 Å². The fourth-order valence-electron chi connectivity index (χ4n) is 4.71. The maximum absolute atomic E-state index is 13.6. The van der Waals surface area contributed by atoms with Crippen LogP contribution in [0.15, 0.2) is 48.7 Å². The van der Waals surface area contributed by atoms with Gasteiger partial charge in [-0.2, -0.15) is 20.2 Å². The Morgan fingerprint density at radius 1 is 1.12 bits per heavy atom.